The van der Waals surface area contributed by atoms with Crippen LogP contribution in [0.2, 0.25) is 0 Å². The molecule has 7 heteroatoms. The van der Waals surface area contributed by atoms with E-state index in [0.717, 1.165) is 19.1 Å². The van der Waals surface area contributed by atoms with Gasteiger partial charge in [0.05, 0.1) is 11.1 Å². The first-order valence-electron chi connectivity index (χ1n) is 4.40. The standard InChI is InChI=1S/C10H7BrF3NO2/c1-5(16)15-9(17)7-4-6(10(12,13)14)2-3-8(7)11/h2-4H,1H3,(H,15,16,17). The fraction of sp³-hybridized carbons (Fsp3) is 0.200. The summed E-state index contributed by atoms with van der Waals surface area (Å²) in [5.41, 5.74) is -1.19. The summed E-state index contributed by atoms with van der Waals surface area (Å²) in [6, 6.07) is 2.63. The van der Waals surface area contributed by atoms with Crippen molar-refractivity contribution in [2.24, 2.45) is 0 Å². The molecule has 0 radical (unpaired) electrons. The summed E-state index contributed by atoms with van der Waals surface area (Å²) in [5.74, 6) is -1.52. The van der Waals surface area contributed by atoms with E-state index in [0.29, 0.717) is 6.07 Å². The van der Waals surface area contributed by atoms with Gasteiger partial charge in [0.25, 0.3) is 5.91 Å². The van der Waals surface area contributed by atoms with E-state index in [1.807, 2.05) is 5.32 Å². The SMILES string of the molecule is CC(=O)NC(=O)c1cc(C(F)(F)F)ccc1Br. The molecular formula is C10H7BrF3NO2. The highest BCUT2D eigenvalue weighted by Gasteiger charge is 2.31. The van der Waals surface area contributed by atoms with E-state index in [1.54, 1.807) is 0 Å². The topological polar surface area (TPSA) is 46.2 Å². The molecule has 1 N–H and O–H groups in total. The van der Waals surface area contributed by atoms with Crippen LogP contribution in [0.3, 0.4) is 0 Å². The Balaban J connectivity index is 3.15. The zero-order chi connectivity index (χ0) is 13.2. The minimum absolute atomic E-state index is 0.184. The lowest BCUT2D eigenvalue weighted by Crippen LogP contribution is -2.28. The molecule has 0 aliphatic rings. The molecule has 0 aliphatic heterocycles. The van der Waals surface area contributed by atoms with E-state index in [2.05, 4.69) is 15.9 Å². The first kappa shape index (κ1) is 13.7. The summed E-state index contributed by atoms with van der Waals surface area (Å²) in [6.07, 6.45) is -4.54. The van der Waals surface area contributed by atoms with Crippen molar-refractivity contribution in [3.8, 4) is 0 Å². The van der Waals surface area contributed by atoms with Gasteiger partial charge in [0.2, 0.25) is 5.91 Å². The Morgan fingerprint density at radius 1 is 1.29 bits per heavy atom. The van der Waals surface area contributed by atoms with Crippen LogP contribution in [0.4, 0.5) is 13.2 Å². The van der Waals surface area contributed by atoms with Crippen LogP contribution in [-0.2, 0) is 11.0 Å². The lowest BCUT2D eigenvalue weighted by molar-refractivity contribution is -0.137. The van der Waals surface area contributed by atoms with Crippen LogP contribution in [0.25, 0.3) is 0 Å². The van der Waals surface area contributed by atoms with Crippen LogP contribution in [-0.4, -0.2) is 11.8 Å². The van der Waals surface area contributed by atoms with Gasteiger partial charge in [0.1, 0.15) is 0 Å². The van der Waals surface area contributed by atoms with Crippen LogP contribution >= 0.6 is 15.9 Å². The molecule has 92 valence electrons. The molecule has 1 aromatic carbocycles. The Bertz CT molecular complexity index is 471. The molecule has 0 saturated carbocycles. The summed E-state index contributed by atoms with van der Waals surface area (Å²) in [6.45, 7) is 1.10. The number of carbonyl (C=O) groups is 2. The molecule has 1 aromatic rings. The van der Waals surface area contributed by atoms with E-state index in [9.17, 15) is 22.8 Å². The highest BCUT2D eigenvalue weighted by Crippen LogP contribution is 2.31. The van der Waals surface area contributed by atoms with Crippen LogP contribution in [0.15, 0.2) is 22.7 Å². The molecule has 0 atom stereocenters. The molecule has 0 bridgehead atoms. The highest BCUT2D eigenvalue weighted by atomic mass is 79.9. The first-order valence-corrected chi connectivity index (χ1v) is 5.20. The number of imide groups is 1. The van der Waals surface area contributed by atoms with Crippen molar-refractivity contribution < 1.29 is 22.8 Å². The number of nitrogens with one attached hydrogen (secondary N) is 1. The number of rotatable bonds is 1. The monoisotopic (exact) mass is 309 g/mol. The number of hydrogen-bond acceptors (Lipinski definition) is 2. The fourth-order valence-corrected chi connectivity index (χ4v) is 1.53. The lowest BCUT2D eigenvalue weighted by atomic mass is 10.1. The fourth-order valence-electron chi connectivity index (χ4n) is 1.10. The summed E-state index contributed by atoms with van der Waals surface area (Å²) < 4.78 is 37.4. The lowest BCUT2D eigenvalue weighted by Gasteiger charge is -2.09. The number of alkyl halides is 3. The normalized spacial score (nSPS) is 11.1. The second-order valence-corrected chi connectivity index (χ2v) is 4.06. The maximum absolute atomic E-state index is 12.4. The minimum Gasteiger partial charge on any atom is -0.293 e. The summed E-state index contributed by atoms with van der Waals surface area (Å²) in [4.78, 5) is 22.1. The third-order valence-electron chi connectivity index (χ3n) is 1.83. The van der Waals surface area contributed by atoms with Crippen molar-refractivity contribution in [2.75, 3.05) is 0 Å². The van der Waals surface area contributed by atoms with Crippen LogP contribution in [0.5, 0.6) is 0 Å². The first-order chi connectivity index (χ1) is 7.71. The number of halogens is 4. The second kappa shape index (κ2) is 4.87. The average molecular weight is 310 g/mol. The smallest absolute Gasteiger partial charge is 0.293 e. The van der Waals surface area contributed by atoms with E-state index in [1.165, 1.54) is 0 Å². The van der Waals surface area contributed by atoms with Crippen LogP contribution in [0.1, 0.15) is 22.8 Å². The van der Waals surface area contributed by atoms with Crippen molar-refractivity contribution in [3.05, 3.63) is 33.8 Å². The molecule has 0 aromatic heterocycles. The molecule has 2 amide bonds. The van der Waals surface area contributed by atoms with Gasteiger partial charge in [0, 0.05) is 11.4 Å². The Morgan fingerprint density at radius 3 is 2.35 bits per heavy atom. The van der Waals surface area contributed by atoms with E-state index in [-0.39, 0.29) is 10.0 Å². The molecule has 0 heterocycles. The third-order valence-corrected chi connectivity index (χ3v) is 2.52. The van der Waals surface area contributed by atoms with E-state index < -0.39 is 23.6 Å². The largest absolute Gasteiger partial charge is 0.416 e. The van der Waals surface area contributed by atoms with Crippen LogP contribution < -0.4 is 5.32 Å². The Morgan fingerprint density at radius 2 is 1.88 bits per heavy atom. The molecule has 17 heavy (non-hydrogen) atoms. The predicted octanol–water partition coefficient (Wildman–Crippen LogP) is 2.74. The molecule has 0 aliphatic carbocycles. The summed E-state index contributed by atoms with van der Waals surface area (Å²) in [5, 5.41) is 1.90. The number of amides is 2. The predicted molar refractivity (Wildman–Crippen MR) is 57.3 cm³/mol. The Kier molecular flexibility index (Phi) is 3.92. The van der Waals surface area contributed by atoms with Crippen molar-refractivity contribution in [1.29, 1.82) is 0 Å². The van der Waals surface area contributed by atoms with E-state index in [4.69, 9.17) is 0 Å². The van der Waals surface area contributed by atoms with Gasteiger partial charge in [0.15, 0.2) is 0 Å². The minimum atomic E-state index is -4.54. The van der Waals surface area contributed by atoms with Gasteiger partial charge in [-0.3, -0.25) is 14.9 Å². The molecule has 0 saturated heterocycles. The number of benzene rings is 1. The maximum Gasteiger partial charge on any atom is 0.416 e. The van der Waals surface area contributed by atoms with E-state index >= 15 is 0 Å². The van der Waals surface area contributed by atoms with Gasteiger partial charge in [-0.05, 0) is 34.1 Å². The average Bonchev–Trinajstić information content (AvgIpc) is 2.15. The Labute approximate surface area is 103 Å². The molecule has 1 rings (SSSR count). The molecule has 0 fully saturated rings. The van der Waals surface area contributed by atoms with Crippen molar-refractivity contribution >= 4 is 27.7 Å². The van der Waals surface area contributed by atoms with Gasteiger partial charge in [-0.15, -0.1) is 0 Å². The molecule has 0 spiro atoms. The number of carbonyl (C=O) groups excluding carboxylic acids is 2. The Hall–Kier alpha value is -1.37. The summed E-state index contributed by atoms with van der Waals surface area (Å²) >= 11 is 2.95. The van der Waals surface area contributed by atoms with Gasteiger partial charge in [-0.2, -0.15) is 13.2 Å². The zero-order valence-corrected chi connectivity index (χ0v) is 10.1. The van der Waals surface area contributed by atoms with Crippen LogP contribution in [0, 0.1) is 0 Å². The second-order valence-electron chi connectivity index (χ2n) is 3.20. The summed E-state index contributed by atoms with van der Waals surface area (Å²) in [7, 11) is 0. The van der Waals surface area contributed by atoms with Crippen molar-refractivity contribution in [1.82, 2.24) is 5.32 Å². The molecule has 3 nitrogen and oxygen atoms in total. The van der Waals surface area contributed by atoms with Gasteiger partial charge in [-0.25, -0.2) is 0 Å². The highest BCUT2D eigenvalue weighted by molar-refractivity contribution is 9.10. The maximum atomic E-state index is 12.4. The molecule has 0 unspecified atom stereocenters. The van der Waals surface area contributed by atoms with Crippen molar-refractivity contribution in [3.63, 3.8) is 0 Å². The van der Waals surface area contributed by atoms with Crippen molar-refractivity contribution in [2.45, 2.75) is 13.1 Å². The zero-order valence-electron chi connectivity index (χ0n) is 8.56. The molecular weight excluding hydrogens is 303 g/mol. The van der Waals surface area contributed by atoms with Gasteiger partial charge >= 0.3 is 6.18 Å². The van der Waals surface area contributed by atoms with Gasteiger partial charge in [-0.1, -0.05) is 0 Å². The quantitative estimate of drug-likeness (QED) is 0.867. The third kappa shape index (κ3) is 3.55. The van der Waals surface area contributed by atoms with Gasteiger partial charge < -0.3 is 0 Å². The number of hydrogen-bond donors (Lipinski definition) is 1.